The largest absolute Gasteiger partial charge is 0.319 e. The lowest BCUT2D eigenvalue weighted by molar-refractivity contribution is 0.101. The predicted octanol–water partition coefficient (Wildman–Crippen LogP) is 4.08. The molecule has 0 radical (unpaired) electrons. The predicted molar refractivity (Wildman–Crippen MR) is 98.8 cm³/mol. The normalized spacial score (nSPS) is 10.8. The highest BCUT2D eigenvalue weighted by Crippen LogP contribution is 2.22. The zero-order valence-electron chi connectivity index (χ0n) is 12.7. The zero-order valence-corrected chi connectivity index (χ0v) is 15.1. The number of hydrogen-bond donors (Lipinski definition) is 1. The highest BCUT2D eigenvalue weighted by Gasteiger charge is 2.18. The highest BCUT2D eigenvalue weighted by molar-refractivity contribution is 9.10. The minimum Gasteiger partial charge on any atom is -0.319 e. The van der Waals surface area contributed by atoms with Crippen LogP contribution in [-0.2, 0) is 6.54 Å². The first-order valence-electron chi connectivity index (χ1n) is 7.27. The molecule has 122 valence electrons. The molecule has 2 aromatic carbocycles. The summed E-state index contributed by atoms with van der Waals surface area (Å²) in [5.74, 6) is -0.559. The van der Waals surface area contributed by atoms with Crippen LogP contribution in [0.4, 0.5) is 5.69 Å². The fourth-order valence-electron chi connectivity index (χ4n) is 2.40. The second kappa shape index (κ2) is 6.75. The van der Waals surface area contributed by atoms with Crippen molar-refractivity contribution in [2.45, 2.75) is 13.5 Å². The number of halogens is 2. The van der Waals surface area contributed by atoms with Gasteiger partial charge in [-0.1, -0.05) is 23.7 Å². The van der Waals surface area contributed by atoms with Gasteiger partial charge in [-0.2, -0.15) is 5.10 Å². The zero-order chi connectivity index (χ0) is 17.3. The second-order valence-corrected chi connectivity index (χ2v) is 6.38. The van der Waals surface area contributed by atoms with Crippen molar-refractivity contribution in [3.05, 3.63) is 67.9 Å². The van der Waals surface area contributed by atoms with Gasteiger partial charge in [0.05, 0.1) is 16.6 Å². The van der Waals surface area contributed by atoms with Crippen LogP contribution in [0.1, 0.15) is 17.4 Å². The van der Waals surface area contributed by atoms with Crippen molar-refractivity contribution in [3.63, 3.8) is 0 Å². The minimum atomic E-state index is -0.559. The Morgan fingerprint density at radius 2 is 2.04 bits per heavy atom. The van der Waals surface area contributed by atoms with Crippen molar-refractivity contribution in [1.29, 1.82) is 0 Å². The van der Waals surface area contributed by atoms with E-state index in [1.165, 1.54) is 0 Å². The van der Waals surface area contributed by atoms with Crippen molar-refractivity contribution < 1.29 is 4.79 Å². The van der Waals surface area contributed by atoms with Gasteiger partial charge in [0.15, 0.2) is 5.69 Å². The molecule has 0 unspecified atom stereocenters. The molecule has 0 fully saturated rings. The Hall–Kier alpha value is -2.18. The Labute approximate surface area is 151 Å². The molecule has 1 aromatic heterocycles. The number of aromatic nitrogens is 2. The number of carbonyl (C=O) groups excluding carboxylic acids is 1. The number of amides is 1. The van der Waals surface area contributed by atoms with Gasteiger partial charge in [-0.3, -0.25) is 14.3 Å². The van der Waals surface area contributed by atoms with Crippen LogP contribution in [-0.4, -0.2) is 15.7 Å². The molecule has 0 atom stereocenters. The average molecular weight is 407 g/mol. The highest BCUT2D eigenvalue weighted by atomic mass is 79.9. The summed E-state index contributed by atoms with van der Waals surface area (Å²) in [7, 11) is 0. The van der Waals surface area contributed by atoms with Gasteiger partial charge < -0.3 is 5.32 Å². The first kappa shape index (κ1) is 16.7. The van der Waals surface area contributed by atoms with Crippen molar-refractivity contribution in [2.24, 2.45) is 0 Å². The molecule has 24 heavy (non-hydrogen) atoms. The molecule has 0 spiro atoms. The molecule has 0 aliphatic heterocycles. The van der Waals surface area contributed by atoms with Gasteiger partial charge in [0.25, 0.3) is 5.91 Å². The fraction of sp³-hybridized carbons (Fsp3) is 0.118. The monoisotopic (exact) mass is 405 g/mol. The molecule has 0 aliphatic rings. The maximum atomic E-state index is 12.7. The molecule has 0 saturated heterocycles. The maximum absolute atomic E-state index is 12.7. The first-order valence-corrected chi connectivity index (χ1v) is 8.44. The van der Waals surface area contributed by atoms with Gasteiger partial charge in [-0.05, 0) is 53.2 Å². The number of carbonyl (C=O) groups is 1. The van der Waals surface area contributed by atoms with Crippen LogP contribution in [0.5, 0.6) is 0 Å². The van der Waals surface area contributed by atoms with Crippen molar-refractivity contribution >= 4 is 50.0 Å². The Balaban J connectivity index is 2.12. The number of rotatable bonds is 3. The van der Waals surface area contributed by atoms with Crippen molar-refractivity contribution in [2.75, 3.05) is 5.32 Å². The quantitative estimate of drug-likeness (QED) is 0.713. The third-order valence-corrected chi connectivity index (χ3v) is 4.48. The molecule has 1 N–H and O–H groups in total. The number of anilines is 1. The van der Waals surface area contributed by atoms with E-state index < -0.39 is 11.3 Å². The number of aryl methyl sites for hydroxylation is 1. The van der Waals surface area contributed by atoms with Crippen molar-refractivity contribution in [3.8, 4) is 0 Å². The van der Waals surface area contributed by atoms with E-state index in [1.54, 1.807) is 41.1 Å². The Bertz CT molecular complexity index is 1000. The molecule has 0 bridgehead atoms. The first-order chi connectivity index (χ1) is 11.5. The fourth-order valence-corrected chi connectivity index (χ4v) is 2.95. The Kier molecular flexibility index (Phi) is 4.69. The number of benzene rings is 2. The van der Waals surface area contributed by atoms with E-state index in [2.05, 4.69) is 26.3 Å². The number of nitrogens with one attached hydrogen (secondary N) is 1. The van der Waals surface area contributed by atoms with E-state index in [-0.39, 0.29) is 5.69 Å². The van der Waals surface area contributed by atoms with Crippen LogP contribution >= 0.6 is 27.5 Å². The van der Waals surface area contributed by atoms with E-state index in [0.29, 0.717) is 28.2 Å². The molecule has 5 nitrogen and oxygen atoms in total. The lowest BCUT2D eigenvalue weighted by Crippen LogP contribution is -2.27. The standard InChI is InChI=1S/C17H13BrClN3O2/c1-2-22-14-8-7-10(19)9-11(14)16(23)15(21-22)17(24)20-13-6-4-3-5-12(13)18/h3-9H,2H2,1H3,(H,20,24). The maximum Gasteiger partial charge on any atom is 0.280 e. The molecule has 3 rings (SSSR count). The Morgan fingerprint density at radius 1 is 1.29 bits per heavy atom. The lowest BCUT2D eigenvalue weighted by atomic mass is 10.2. The summed E-state index contributed by atoms with van der Waals surface area (Å²) in [6.07, 6.45) is 0. The molecular weight excluding hydrogens is 394 g/mol. The number of hydrogen-bond acceptors (Lipinski definition) is 3. The van der Waals surface area contributed by atoms with E-state index in [9.17, 15) is 9.59 Å². The summed E-state index contributed by atoms with van der Waals surface area (Å²) in [5, 5.41) is 7.72. The van der Waals surface area contributed by atoms with Crippen LogP contribution in [0, 0.1) is 0 Å². The van der Waals surface area contributed by atoms with Crippen LogP contribution in [0.25, 0.3) is 10.9 Å². The molecule has 0 aliphatic carbocycles. The molecule has 0 saturated carbocycles. The lowest BCUT2D eigenvalue weighted by Gasteiger charge is -2.11. The van der Waals surface area contributed by atoms with Gasteiger partial charge in [-0.25, -0.2) is 0 Å². The number of nitrogens with zero attached hydrogens (tertiary/aromatic N) is 2. The molecule has 7 heteroatoms. The Morgan fingerprint density at radius 3 is 2.75 bits per heavy atom. The molecule has 1 amide bonds. The van der Waals surface area contributed by atoms with Crippen molar-refractivity contribution in [1.82, 2.24) is 9.78 Å². The van der Waals surface area contributed by atoms with E-state index >= 15 is 0 Å². The minimum absolute atomic E-state index is 0.164. The van der Waals surface area contributed by atoms with E-state index in [4.69, 9.17) is 11.6 Å². The van der Waals surface area contributed by atoms with Crippen LogP contribution in [0.3, 0.4) is 0 Å². The van der Waals surface area contributed by atoms with Gasteiger partial charge in [0, 0.05) is 16.0 Å². The average Bonchev–Trinajstić information content (AvgIpc) is 2.57. The summed E-state index contributed by atoms with van der Waals surface area (Å²) in [4.78, 5) is 25.2. The third kappa shape index (κ3) is 3.07. The van der Waals surface area contributed by atoms with E-state index in [1.807, 2.05) is 13.0 Å². The third-order valence-electron chi connectivity index (χ3n) is 3.55. The summed E-state index contributed by atoms with van der Waals surface area (Å²) in [6.45, 7) is 2.41. The van der Waals surface area contributed by atoms with Gasteiger partial charge in [0.1, 0.15) is 0 Å². The number of para-hydroxylation sites is 1. The number of fused-ring (bicyclic) bond motifs is 1. The van der Waals surface area contributed by atoms with Crippen LogP contribution in [0.2, 0.25) is 5.02 Å². The van der Waals surface area contributed by atoms with Crippen LogP contribution in [0.15, 0.2) is 51.7 Å². The van der Waals surface area contributed by atoms with Crippen LogP contribution < -0.4 is 10.7 Å². The summed E-state index contributed by atoms with van der Waals surface area (Å²) < 4.78 is 2.33. The summed E-state index contributed by atoms with van der Waals surface area (Å²) in [6, 6.07) is 12.1. The molecule has 3 aromatic rings. The summed E-state index contributed by atoms with van der Waals surface area (Å²) >= 11 is 9.35. The smallest absolute Gasteiger partial charge is 0.280 e. The second-order valence-electron chi connectivity index (χ2n) is 5.09. The van der Waals surface area contributed by atoms with Gasteiger partial charge >= 0.3 is 0 Å². The van der Waals surface area contributed by atoms with Gasteiger partial charge in [0.2, 0.25) is 5.43 Å². The summed E-state index contributed by atoms with van der Waals surface area (Å²) in [5.41, 5.74) is 0.603. The van der Waals surface area contributed by atoms with E-state index in [0.717, 1.165) is 4.47 Å². The van der Waals surface area contributed by atoms with Gasteiger partial charge in [-0.15, -0.1) is 0 Å². The molecular formula is C17H13BrClN3O2. The molecule has 1 heterocycles. The topological polar surface area (TPSA) is 64.0 Å². The SMILES string of the molecule is CCn1nc(C(=O)Nc2ccccc2Br)c(=O)c2cc(Cl)ccc21.